The molecule has 0 saturated heterocycles. The van der Waals surface area contributed by atoms with Crippen molar-refractivity contribution in [1.29, 1.82) is 0 Å². The lowest BCUT2D eigenvalue weighted by Gasteiger charge is -2.16. The number of nitrogens with zero attached hydrogens (tertiary/aromatic N) is 2. The first kappa shape index (κ1) is 17.1. The zero-order chi connectivity index (χ0) is 15.0. The molecule has 1 aromatic heterocycles. The lowest BCUT2D eigenvalue weighted by atomic mass is 10.3. The van der Waals surface area contributed by atoms with Crippen molar-refractivity contribution in [2.45, 2.75) is 12.6 Å². The average Bonchev–Trinajstić information content (AvgIpc) is 2.46. The van der Waals surface area contributed by atoms with Gasteiger partial charge in [0.05, 0.1) is 37.7 Å². The van der Waals surface area contributed by atoms with Gasteiger partial charge >= 0.3 is 0 Å². The molecule has 0 bridgehead atoms. The van der Waals surface area contributed by atoms with Crippen LogP contribution in [0.3, 0.4) is 0 Å². The molecule has 1 N–H and O–H groups in total. The van der Waals surface area contributed by atoms with E-state index in [1.807, 2.05) is 0 Å². The molecule has 0 spiro atoms. The second kappa shape index (κ2) is 9.06. The SMILES string of the molecule is COCCn1ncc(NCC(COC)OC)c(Br)c1=O. The van der Waals surface area contributed by atoms with E-state index in [9.17, 15) is 4.79 Å². The molecule has 1 heterocycles. The number of aromatic nitrogens is 2. The summed E-state index contributed by atoms with van der Waals surface area (Å²) in [6, 6.07) is 0. The van der Waals surface area contributed by atoms with Crippen molar-refractivity contribution < 1.29 is 14.2 Å². The van der Waals surface area contributed by atoms with Gasteiger partial charge in [-0.3, -0.25) is 4.79 Å². The van der Waals surface area contributed by atoms with E-state index in [1.54, 1.807) is 27.5 Å². The number of nitrogens with one attached hydrogen (secondary N) is 1. The van der Waals surface area contributed by atoms with E-state index in [1.165, 1.54) is 4.68 Å². The Morgan fingerprint density at radius 2 is 2.15 bits per heavy atom. The Labute approximate surface area is 126 Å². The maximum absolute atomic E-state index is 12.0. The molecular weight excluding hydrogens is 330 g/mol. The van der Waals surface area contributed by atoms with Crippen LogP contribution < -0.4 is 10.9 Å². The zero-order valence-corrected chi connectivity index (χ0v) is 13.5. The van der Waals surface area contributed by atoms with Crippen LogP contribution >= 0.6 is 15.9 Å². The molecular formula is C12H20BrN3O4. The summed E-state index contributed by atoms with van der Waals surface area (Å²) in [6.07, 6.45) is 1.50. The second-order valence-corrected chi connectivity index (χ2v) is 4.88. The molecule has 1 unspecified atom stereocenters. The Hall–Kier alpha value is -0.960. The molecule has 0 radical (unpaired) electrons. The fourth-order valence-electron chi connectivity index (χ4n) is 1.55. The Bertz CT molecular complexity index is 467. The van der Waals surface area contributed by atoms with Crippen molar-refractivity contribution >= 4 is 21.6 Å². The van der Waals surface area contributed by atoms with Crippen LogP contribution in [0.2, 0.25) is 0 Å². The predicted molar refractivity (Wildman–Crippen MR) is 79.2 cm³/mol. The third-order valence-electron chi connectivity index (χ3n) is 2.70. The van der Waals surface area contributed by atoms with Crippen molar-refractivity contribution in [1.82, 2.24) is 9.78 Å². The van der Waals surface area contributed by atoms with Crippen LogP contribution in [0, 0.1) is 0 Å². The summed E-state index contributed by atoms with van der Waals surface area (Å²) >= 11 is 3.29. The summed E-state index contributed by atoms with van der Waals surface area (Å²) in [5.74, 6) is 0. The average molecular weight is 350 g/mol. The van der Waals surface area contributed by atoms with Gasteiger partial charge in [0.2, 0.25) is 0 Å². The molecule has 0 aliphatic rings. The molecule has 0 fully saturated rings. The summed E-state index contributed by atoms with van der Waals surface area (Å²) in [5.41, 5.74) is 0.426. The molecule has 0 amide bonds. The van der Waals surface area contributed by atoms with Gasteiger partial charge in [-0.05, 0) is 15.9 Å². The number of anilines is 1. The van der Waals surface area contributed by atoms with Gasteiger partial charge in [-0.15, -0.1) is 0 Å². The Balaban J connectivity index is 2.72. The minimum absolute atomic E-state index is 0.0946. The van der Waals surface area contributed by atoms with E-state index < -0.39 is 0 Å². The molecule has 20 heavy (non-hydrogen) atoms. The summed E-state index contributed by atoms with van der Waals surface area (Å²) in [5, 5.41) is 7.20. The first-order chi connectivity index (χ1) is 9.63. The number of methoxy groups -OCH3 is 3. The standard InChI is InChI=1S/C12H20BrN3O4/c1-18-5-4-16-12(17)11(13)10(7-15-16)14-6-9(20-3)8-19-2/h7,9,14H,4-6,8H2,1-3H3. The highest BCUT2D eigenvalue weighted by Crippen LogP contribution is 2.16. The van der Waals surface area contributed by atoms with Crippen LogP contribution in [0.4, 0.5) is 5.69 Å². The smallest absolute Gasteiger partial charge is 0.283 e. The zero-order valence-electron chi connectivity index (χ0n) is 11.9. The third-order valence-corrected chi connectivity index (χ3v) is 3.46. The largest absolute Gasteiger partial charge is 0.383 e. The van der Waals surface area contributed by atoms with Gasteiger partial charge in [0, 0.05) is 27.9 Å². The van der Waals surface area contributed by atoms with Gasteiger partial charge < -0.3 is 19.5 Å². The van der Waals surface area contributed by atoms with Gasteiger partial charge in [0.1, 0.15) is 4.47 Å². The van der Waals surface area contributed by atoms with Crippen molar-refractivity contribution in [2.75, 3.05) is 46.4 Å². The minimum atomic E-state index is -0.201. The Kier molecular flexibility index (Phi) is 7.75. The molecule has 8 heteroatoms. The fraction of sp³-hybridized carbons (Fsp3) is 0.667. The Morgan fingerprint density at radius 3 is 2.75 bits per heavy atom. The number of halogens is 1. The van der Waals surface area contributed by atoms with Crippen LogP contribution in [0.5, 0.6) is 0 Å². The highest BCUT2D eigenvalue weighted by Gasteiger charge is 2.11. The normalized spacial score (nSPS) is 12.4. The van der Waals surface area contributed by atoms with E-state index in [0.717, 1.165) is 0 Å². The van der Waals surface area contributed by atoms with E-state index >= 15 is 0 Å². The molecule has 7 nitrogen and oxygen atoms in total. The maximum atomic E-state index is 12.0. The van der Waals surface area contributed by atoms with Crippen molar-refractivity contribution in [3.8, 4) is 0 Å². The quantitative estimate of drug-likeness (QED) is 0.708. The van der Waals surface area contributed by atoms with Gasteiger partial charge in [0.15, 0.2) is 0 Å². The van der Waals surface area contributed by atoms with Crippen LogP contribution in [-0.4, -0.2) is 57.0 Å². The molecule has 0 aliphatic heterocycles. The molecule has 114 valence electrons. The molecule has 0 saturated carbocycles. The second-order valence-electron chi connectivity index (χ2n) is 4.09. The van der Waals surface area contributed by atoms with Crippen molar-refractivity contribution in [2.24, 2.45) is 0 Å². The van der Waals surface area contributed by atoms with E-state index in [4.69, 9.17) is 14.2 Å². The topological polar surface area (TPSA) is 74.6 Å². The van der Waals surface area contributed by atoms with Gasteiger partial charge in [0.25, 0.3) is 5.56 Å². The monoisotopic (exact) mass is 349 g/mol. The summed E-state index contributed by atoms with van der Waals surface area (Å²) in [7, 11) is 4.80. The first-order valence-electron chi connectivity index (χ1n) is 6.14. The van der Waals surface area contributed by atoms with Crippen LogP contribution in [0.1, 0.15) is 0 Å². The highest BCUT2D eigenvalue weighted by atomic mass is 79.9. The molecule has 1 rings (SSSR count). The Morgan fingerprint density at radius 1 is 1.40 bits per heavy atom. The van der Waals surface area contributed by atoms with Gasteiger partial charge in [-0.25, -0.2) is 4.68 Å². The number of rotatable bonds is 9. The van der Waals surface area contributed by atoms with Gasteiger partial charge in [-0.1, -0.05) is 0 Å². The van der Waals surface area contributed by atoms with Gasteiger partial charge in [-0.2, -0.15) is 5.10 Å². The highest BCUT2D eigenvalue weighted by molar-refractivity contribution is 9.10. The molecule has 1 atom stereocenters. The van der Waals surface area contributed by atoms with E-state index in [0.29, 0.717) is 36.5 Å². The molecule has 1 aromatic rings. The number of hydrogen-bond donors (Lipinski definition) is 1. The predicted octanol–water partition coefficient (Wildman–Crippen LogP) is 0.725. The van der Waals surface area contributed by atoms with E-state index in [2.05, 4.69) is 26.3 Å². The lowest BCUT2D eigenvalue weighted by Crippen LogP contribution is -2.29. The van der Waals surface area contributed by atoms with Crippen molar-refractivity contribution in [3.05, 3.63) is 21.0 Å². The van der Waals surface area contributed by atoms with E-state index in [-0.39, 0.29) is 11.7 Å². The van der Waals surface area contributed by atoms with Crippen molar-refractivity contribution in [3.63, 3.8) is 0 Å². The van der Waals surface area contributed by atoms with Crippen LogP contribution in [0.25, 0.3) is 0 Å². The summed E-state index contributed by atoms with van der Waals surface area (Å²) in [6.45, 7) is 1.84. The summed E-state index contributed by atoms with van der Waals surface area (Å²) < 4.78 is 17.0. The lowest BCUT2D eigenvalue weighted by molar-refractivity contribution is 0.0365. The third kappa shape index (κ3) is 4.86. The first-order valence-corrected chi connectivity index (χ1v) is 6.93. The fourth-order valence-corrected chi connectivity index (χ4v) is 1.99. The number of ether oxygens (including phenoxy) is 3. The maximum Gasteiger partial charge on any atom is 0.283 e. The molecule has 0 aliphatic carbocycles. The summed E-state index contributed by atoms with van der Waals surface area (Å²) in [4.78, 5) is 12.0. The number of hydrogen-bond acceptors (Lipinski definition) is 6. The molecule has 0 aromatic carbocycles. The minimum Gasteiger partial charge on any atom is -0.383 e. The van der Waals surface area contributed by atoms with Crippen LogP contribution in [-0.2, 0) is 20.8 Å². The van der Waals surface area contributed by atoms with Crippen LogP contribution in [0.15, 0.2) is 15.5 Å².